The van der Waals surface area contributed by atoms with E-state index in [4.69, 9.17) is 24.4 Å². The van der Waals surface area contributed by atoms with Crippen molar-refractivity contribution in [1.82, 2.24) is 0 Å². The molecule has 0 atom stereocenters. The van der Waals surface area contributed by atoms with Gasteiger partial charge in [-0.15, -0.1) is 25.3 Å². The third kappa shape index (κ3) is 0.757. The van der Waals surface area contributed by atoms with E-state index in [9.17, 15) is 0 Å². The molecule has 42 valence electrons. The molecule has 0 heterocycles. The van der Waals surface area contributed by atoms with Crippen LogP contribution in [0.3, 0.4) is 0 Å². The first-order valence-corrected chi connectivity index (χ1v) is 3.57. The molecule has 0 amide bonds. The zero-order valence-corrected chi connectivity index (χ0v) is 7.13. The molecule has 0 aliphatic carbocycles. The number of thiol groups is 2. The van der Waals surface area contributed by atoms with Gasteiger partial charge in [0, 0.05) is 9.79 Å². The summed E-state index contributed by atoms with van der Waals surface area (Å²) in [6, 6.07) is 0. The molecule has 0 aliphatic heterocycles. The maximum atomic E-state index is 4.78. The Kier molecular flexibility index (Phi) is 1.77. The van der Waals surface area contributed by atoms with Crippen LogP contribution in [0.5, 0.6) is 0 Å². The molecular weight excluding hydrogens is 176 g/mol. The fourth-order valence-corrected chi connectivity index (χ4v) is 1.53. The molecule has 0 spiro atoms. The molecule has 4 heteroatoms. The summed E-state index contributed by atoms with van der Waals surface area (Å²) >= 11 is 17.6. The Labute approximate surface area is 68.4 Å². The lowest BCUT2D eigenvalue weighted by Crippen LogP contribution is -1.80. The molecule has 0 saturated carbocycles. The highest BCUT2D eigenvalue weighted by molar-refractivity contribution is 7.85. The number of hydrogen-bond donors (Lipinski definition) is 2. The van der Waals surface area contributed by atoms with Crippen LogP contribution in [0.15, 0.2) is 9.79 Å². The summed E-state index contributed by atoms with van der Waals surface area (Å²) in [5.74, 6) is 0. The van der Waals surface area contributed by atoms with Gasteiger partial charge in [0.1, 0.15) is 0 Å². The van der Waals surface area contributed by atoms with Crippen LogP contribution in [0, 0.1) is 9.02 Å². The van der Waals surface area contributed by atoms with Crippen LogP contribution in [0.4, 0.5) is 0 Å². The fourth-order valence-electron chi connectivity index (χ4n) is 0.368. The van der Waals surface area contributed by atoms with E-state index in [1.165, 1.54) is 0 Å². The lowest BCUT2D eigenvalue weighted by atomic mass is 10.3. The van der Waals surface area contributed by atoms with Crippen molar-refractivity contribution in [3.63, 3.8) is 0 Å². The minimum Gasteiger partial charge on any atom is -0.141 e. The second-order valence-corrected chi connectivity index (χ2v) is 3.07. The number of rotatable bonds is 0. The Morgan fingerprint density at radius 2 is 1.12 bits per heavy atom. The molecule has 8 heavy (non-hydrogen) atoms. The highest BCUT2D eigenvalue weighted by atomic mass is 32.1. The summed E-state index contributed by atoms with van der Waals surface area (Å²) in [7, 11) is 0. The van der Waals surface area contributed by atoms with Crippen LogP contribution in [-0.4, -0.2) is 0 Å². The van der Waals surface area contributed by atoms with E-state index in [1.807, 2.05) is 0 Å². The lowest BCUT2D eigenvalue weighted by Gasteiger charge is -1.99. The van der Waals surface area contributed by atoms with Crippen LogP contribution >= 0.6 is 49.7 Å². The van der Waals surface area contributed by atoms with Gasteiger partial charge in [0.25, 0.3) is 0 Å². The van der Waals surface area contributed by atoms with Crippen LogP contribution in [0.25, 0.3) is 0 Å². The van der Waals surface area contributed by atoms with Crippen LogP contribution in [0.1, 0.15) is 0 Å². The van der Waals surface area contributed by atoms with Crippen molar-refractivity contribution in [2.75, 3.05) is 0 Å². The largest absolute Gasteiger partial charge is 0.141 e. The van der Waals surface area contributed by atoms with Crippen LogP contribution in [-0.2, 0) is 0 Å². The van der Waals surface area contributed by atoms with Crippen molar-refractivity contribution < 1.29 is 0 Å². The maximum absolute atomic E-state index is 4.78. The Balaban J connectivity index is 3.48. The third-order valence-electron chi connectivity index (χ3n) is 0.861. The van der Waals surface area contributed by atoms with E-state index in [2.05, 4.69) is 25.3 Å². The summed E-state index contributed by atoms with van der Waals surface area (Å²) in [5, 5.41) is 0. The first kappa shape index (κ1) is 6.74. The smallest absolute Gasteiger partial charge is 0.0714 e. The predicted octanol–water partition coefficient (Wildman–Crippen LogP) is 2.60. The van der Waals surface area contributed by atoms with E-state index in [1.54, 1.807) is 0 Å². The fraction of sp³-hybridized carbons (Fsp3) is 0. The summed E-state index contributed by atoms with van der Waals surface area (Å²) in [4.78, 5) is 1.52. The van der Waals surface area contributed by atoms with Crippen molar-refractivity contribution >= 4 is 49.7 Å². The van der Waals surface area contributed by atoms with Crippen molar-refractivity contribution in [2.45, 2.75) is 9.79 Å². The first-order chi connectivity index (χ1) is 3.64. The molecule has 0 saturated heterocycles. The van der Waals surface area contributed by atoms with Crippen molar-refractivity contribution in [2.24, 2.45) is 0 Å². The van der Waals surface area contributed by atoms with Crippen LogP contribution in [0.2, 0.25) is 0 Å². The Morgan fingerprint density at radius 3 is 1.25 bits per heavy atom. The normalized spacial score (nSPS) is 10.2. The quantitative estimate of drug-likeness (QED) is 0.463. The van der Waals surface area contributed by atoms with Gasteiger partial charge in [-0.3, -0.25) is 0 Å². The third-order valence-corrected chi connectivity index (χ3v) is 3.18. The lowest BCUT2D eigenvalue weighted by molar-refractivity contribution is 1.15. The number of hydrogen-bond acceptors (Lipinski definition) is 4. The molecule has 0 fully saturated rings. The minimum atomic E-state index is 0.674. The van der Waals surface area contributed by atoms with Gasteiger partial charge < -0.3 is 0 Å². The van der Waals surface area contributed by atoms with Gasteiger partial charge in [0.05, 0.1) is 9.02 Å². The molecule has 0 bridgehead atoms. The summed E-state index contributed by atoms with van der Waals surface area (Å²) < 4.78 is 1.35. The maximum Gasteiger partial charge on any atom is 0.0714 e. The molecule has 0 nitrogen and oxygen atoms in total. The van der Waals surface area contributed by atoms with Gasteiger partial charge in [-0.25, -0.2) is 0 Å². The van der Waals surface area contributed by atoms with E-state index >= 15 is 0 Å². The van der Waals surface area contributed by atoms with Crippen LogP contribution < -0.4 is 0 Å². The van der Waals surface area contributed by atoms with Gasteiger partial charge >= 0.3 is 0 Å². The Morgan fingerprint density at radius 1 is 0.875 bits per heavy atom. The molecular formula is C4H2S4. The Hall–Kier alpha value is 0.620. The molecule has 0 N–H and O–H groups in total. The monoisotopic (exact) mass is 178 g/mol. The Bertz CT molecular complexity index is 248. The highest BCUT2D eigenvalue weighted by Gasteiger charge is 2.04. The van der Waals surface area contributed by atoms with Gasteiger partial charge in [-0.05, 0) is 0 Å². The zero-order chi connectivity index (χ0) is 6.31. The summed E-state index contributed by atoms with van der Waals surface area (Å²) in [6.45, 7) is 0. The topological polar surface area (TPSA) is 0 Å². The molecule has 0 aliphatic rings. The molecule has 1 rings (SSSR count). The summed E-state index contributed by atoms with van der Waals surface area (Å²) in [5.41, 5.74) is 0. The molecule has 0 aromatic heterocycles. The molecule has 1 aromatic rings. The summed E-state index contributed by atoms with van der Waals surface area (Å²) in [6.07, 6.45) is 0. The van der Waals surface area contributed by atoms with E-state index < -0.39 is 0 Å². The van der Waals surface area contributed by atoms with E-state index in [0.29, 0.717) is 9.02 Å². The van der Waals surface area contributed by atoms with Gasteiger partial charge in [-0.2, -0.15) is 0 Å². The first-order valence-electron chi connectivity index (χ1n) is 1.86. The van der Waals surface area contributed by atoms with E-state index in [0.717, 1.165) is 9.79 Å². The molecule has 0 unspecified atom stereocenters. The van der Waals surface area contributed by atoms with Crippen molar-refractivity contribution in [3.05, 3.63) is 9.02 Å². The van der Waals surface area contributed by atoms with E-state index in [-0.39, 0.29) is 0 Å². The standard InChI is InChI=1S/C4H2S4/c5-1-2(6)4(8)3(1)7/h5-6H. The predicted molar refractivity (Wildman–Crippen MR) is 45.0 cm³/mol. The average molecular weight is 178 g/mol. The second-order valence-electron chi connectivity index (χ2n) is 1.36. The second kappa shape index (κ2) is 2.10. The molecule has 1 aromatic carbocycles. The SMILES string of the molecule is S=c1c(S)c(S)c1=S. The van der Waals surface area contributed by atoms with Crippen molar-refractivity contribution in [1.29, 1.82) is 0 Å². The average Bonchev–Trinajstić information content (AvgIpc) is 1.83. The molecule has 0 radical (unpaired) electrons. The van der Waals surface area contributed by atoms with Crippen molar-refractivity contribution in [3.8, 4) is 0 Å². The zero-order valence-electron chi connectivity index (χ0n) is 3.71. The highest BCUT2D eigenvalue weighted by Crippen LogP contribution is 2.26. The van der Waals surface area contributed by atoms with Gasteiger partial charge in [0.15, 0.2) is 0 Å². The van der Waals surface area contributed by atoms with Gasteiger partial charge in [0.2, 0.25) is 0 Å². The van der Waals surface area contributed by atoms with Gasteiger partial charge in [-0.1, -0.05) is 24.4 Å². The minimum absolute atomic E-state index is 0.674.